The number of hydrogen-bond acceptors (Lipinski definition) is 2. The van der Waals surface area contributed by atoms with Gasteiger partial charge in [-0.2, -0.15) is 0 Å². The van der Waals surface area contributed by atoms with Crippen LogP contribution in [0.3, 0.4) is 0 Å². The van der Waals surface area contributed by atoms with E-state index < -0.39 is 0 Å². The van der Waals surface area contributed by atoms with E-state index in [4.69, 9.17) is 5.73 Å². The van der Waals surface area contributed by atoms with Crippen molar-refractivity contribution >= 4 is 0 Å². The van der Waals surface area contributed by atoms with E-state index in [9.17, 15) is 0 Å². The Kier molecular flexibility index (Phi) is 2.65. The van der Waals surface area contributed by atoms with Gasteiger partial charge in [0.25, 0.3) is 0 Å². The molecule has 0 aromatic carbocycles. The summed E-state index contributed by atoms with van der Waals surface area (Å²) in [6, 6.07) is 0.0602. The summed E-state index contributed by atoms with van der Waals surface area (Å²) in [6.07, 6.45) is 4.51. The summed E-state index contributed by atoms with van der Waals surface area (Å²) in [5.74, 6) is 1.51. The lowest BCUT2D eigenvalue weighted by Gasteiger charge is -2.10. The Hall–Kier alpha value is -0.830. The van der Waals surface area contributed by atoms with Crippen molar-refractivity contribution in [2.45, 2.75) is 26.3 Å². The Labute approximate surface area is 67.0 Å². The minimum atomic E-state index is 0.0602. The van der Waals surface area contributed by atoms with Crippen molar-refractivity contribution in [3.05, 3.63) is 18.2 Å². The first kappa shape index (κ1) is 8.27. The van der Waals surface area contributed by atoms with Crippen molar-refractivity contribution in [1.82, 2.24) is 9.97 Å². The summed E-state index contributed by atoms with van der Waals surface area (Å²) >= 11 is 0. The summed E-state index contributed by atoms with van der Waals surface area (Å²) in [5.41, 5.74) is 5.85. The minimum absolute atomic E-state index is 0.0602. The van der Waals surface area contributed by atoms with Crippen LogP contribution in [0.5, 0.6) is 0 Å². The number of nitrogens with one attached hydrogen (secondary N) is 1. The average molecular weight is 153 g/mol. The standard InChI is InChI=1S/C8H15N3/c1-6(2)5-7(9)8-10-3-4-11-8/h3-4,6-7H,5,9H2,1-2H3,(H,10,11)/t7-/m0/s1. The highest BCUT2D eigenvalue weighted by Crippen LogP contribution is 2.14. The van der Waals surface area contributed by atoms with E-state index in [0.717, 1.165) is 12.2 Å². The second kappa shape index (κ2) is 3.53. The highest BCUT2D eigenvalue weighted by atomic mass is 14.9. The zero-order valence-corrected chi connectivity index (χ0v) is 7.04. The molecule has 0 radical (unpaired) electrons. The predicted molar refractivity (Wildman–Crippen MR) is 45.0 cm³/mol. The largest absolute Gasteiger partial charge is 0.347 e. The molecule has 1 aromatic heterocycles. The molecule has 0 aliphatic carbocycles. The van der Waals surface area contributed by atoms with Gasteiger partial charge >= 0.3 is 0 Å². The number of hydrogen-bond donors (Lipinski definition) is 2. The van der Waals surface area contributed by atoms with E-state index in [-0.39, 0.29) is 6.04 Å². The zero-order chi connectivity index (χ0) is 8.27. The predicted octanol–water partition coefficient (Wildman–Crippen LogP) is 1.46. The van der Waals surface area contributed by atoms with Crippen molar-refractivity contribution in [1.29, 1.82) is 0 Å². The second-order valence-corrected chi connectivity index (χ2v) is 3.21. The molecular weight excluding hydrogens is 138 g/mol. The monoisotopic (exact) mass is 153 g/mol. The van der Waals surface area contributed by atoms with Crippen LogP contribution < -0.4 is 5.73 Å². The zero-order valence-electron chi connectivity index (χ0n) is 7.04. The van der Waals surface area contributed by atoms with E-state index in [1.165, 1.54) is 0 Å². The fourth-order valence-electron chi connectivity index (χ4n) is 1.10. The van der Waals surface area contributed by atoms with Gasteiger partial charge < -0.3 is 10.7 Å². The van der Waals surface area contributed by atoms with Crippen LogP contribution in [0.2, 0.25) is 0 Å². The van der Waals surface area contributed by atoms with Gasteiger partial charge in [0.1, 0.15) is 5.82 Å². The van der Waals surface area contributed by atoms with Gasteiger partial charge in [0.05, 0.1) is 6.04 Å². The number of nitrogens with zero attached hydrogens (tertiary/aromatic N) is 1. The Bertz CT molecular complexity index is 191. The molecule has 11 heavy (non-hydrogen) atoms. The summed E-state index contributed by atoms with van der Waals surface area (Å²) in [5, 5.41) is 0. The topological polar surface area (TPSA) is 54.7 Å². The van der Waals surface area contributed by atoms with E-state index in [1.54, 1.807) is 12.4 Å². The number of nitrogens with two attached hydrogens (primary N) is 1. The molecule has 3 nitrogen and oxygen atoms in total. The van der Waals surface area contributed by atoms with Gasteiger partial charge in [-0.05, 0) is 12.3 Å². The van der Waals surface area contributed by atoms with Crippen molar-refractivity contribution < 1.29 is 0 Å². The van der Waals surface area contributed by atoms with Gasteiger partial charge in [0, 0.05) is 12.4 Å². The van der Waals surface area contributed by atoms with Gasteiger partial charge in [-0.3, -0.25) is 0 Å². The quantitative estimate of drug-likeness (QED) is 0.690. The number of rotatable bonds is 3. The summed E-state index contributed by atoms with van der Waals surface area (Å²) in [6.45, 7) is 4.31. The molecule has 62 valence electrons. The van der Waals surface area contributed by atoms with E-state index in [2.05, 4.69) is 23.8 Å². The minimum Gasteiger partial charge on any atom is -0.347 e. The van der Waals surface area contributed by atoms with Crippen LogP contribution in [-0.4, -0.2) is 9.97 Å². The first-order valence-corrected chi connectivity index (χ1v) is 3.95. The van der Waals surface area contributed by atoms with Crippen molar-refractivity contribution in [3.8, 4) is 0 Å². The maximum Gasteiger partial charge on any atom is 0.123 e. The molecule has 0 saturated carbocycles. The molecule has 0 spiro atoms. The lowest BCUT2D eigenvalue weighted by Crippen LogP contribution is -2.14. The number of imidazole rings is 1. The van der Waals surface area contributed by atoms with E-state index in [1.807, 2.05) is 0 Å². The van der Waals surface area contributed by atoms with E-state index >= 15 is 0 Å². The third-order valence-corrected chi connectivity index (χ3v) is 1.60. The smallest absolute Gasteiger partial charge is 0.123 e. The van der Waals surface area contributed by atoms with Gasteiger partial charge in [0.2, 0.25) is 0 Å². The fraction of sp³-hybridized carbons (Fsp3) is 0.625. The van der Waals surface area contributed by atoms with E-state index in [0.29, 0.717) is 5.92 Å². The van der Waals surface area contributed by atoms with Crippen molar-refractivity contribution in [2.75, 3.05) is 0 Å². The number of aromatic nitrogens is 2. The lowest BCUT2D eigenvalue weighted by molar-refractivity contribution is 0.496. The molecule has 1 aromatic rings. The molecule has 1 heterocycles. The lowest BCUT2D eigenvalue weighted by atomic mass is 10.0. The Morgan fingerprint density at radius 1 is 1.64 bits per heavy atom. The van der Waals surface area contributed by atoms with Gasteiger partial charge in [-0.25, -0.2) is 4.98 Å². The summed E-state index contributed by atoms with van der Waals surface area (Å²) < 4.78 is 0. The normalized spacial score (nSPS) is 13.8. The Balaban J connectivity index is 2.49. The van der Waals surface area contributed by atoms with Crippen LogP contribution in [0.25, 0.3) is 0 Å². The van der Waals surface area contributed by atoms with Crippen molar-refractivity contribution in [3.63, 3.8) is 0 Å². The van der Waals surface area contributed by atoms with Crippen LogP contribution in [0.15, 0.2) is 12.4 Å². The molecule has 0 unspecified atom stereocenters. The summed E-state index contributed by atoms with van der Waals surface area (Å²) in [4.78, 5) is 7.09. The molecule has 0 saturated heterocycles. The van der Waals surface area contributed by atoms with Crippen LogP contribution >= 0.6 is 0 Å². The van der Waals surface area contributed by atoms with Crippen LogP contribution in [-0.2, 0) is 0 Å². The molecule has 3 N–H and O–H groups in total. The fourth-order valence-corrected chi connectivity index (χ4v) is 1.10. The Morgan fingerprint density at radius 2 is 2.36 bits per heavy atom. The maximum absolute atomic E-state index is 5.85. The molecule has 0 aliphatic rings. The van der Waals surface area contributed by atoms with Gasteiger partial charge in [-0.15, -0.1) is 0 Å². The van der Waals surface area contributed by atoms with Gasteiger partial charge in [0.15, 0.2) is 0 Å². The first-order valence-electron chi connectivity index (χ1n) is 3.95. The SMILES string of the molecule is CC(C)C[C@H](N)c1ncc[nH]1. The molecule has 0 fully saturated rings. The molecule has 0 amide bonds. The molecule has 0 aliphatic heterocycles. The van der Waals surface area contributed by atoms with Crippen molar-refractivity contribution in [2.24, 2.45) is 11.7 Å². The highest BCUT2D eigenvalue weighted by molar-refractivity contribution is 4.93. The highest BCUT2D eigenvalue weighted by Gasteiger charge is 2.09. The molecule has 0 bridgehead atoms. The summed E-state index contributed by atoms with van der Waals surface area (Å²) in [7, 11) is 0. The maximum atomic E-state index is 5.85. The molecule has 1 rings (SSSR count). The Morgan fingerprint density at radius 3 is 2.82 bits per heavy atom. The molecule has 1 atom stereocenters. The number of aromatic amines is 1. The first-order chi connectivity index (χ1) is 5.20. The third kappa shape index (κ3) is 2.35. The van der Waals surface area contributed by atoms with Crippen LogP contribution in [0.1, 0.15) is 32.1 Å². The second-order valence-electron chi connectivity index (χ2n) is 3.21. The third-order valence-electron chi connectivity index (χ3n) is 1.60. The van der Waals surface area contributed by atoms with Crippen LogP contribution in [0.4, 0.5) is 0 Å². The number of H-pyrrole nitrogens is 1. The molecule has 3 heteroatoms. The average Bonchev–Trinajstić information content (AvgIpc) is 2.35. The van der Waals surface area contributed by atoms with Gasteiger partial charge in [-0.1, -0.05) is 13.8 Å². The molecular formula is C8H15N3. The van der Waals surface area contributed by atoms with Crippen LogP contribution in [0, 0.1) is 5.92 Å².